The summed E-state index contributed by atoms with van der Waals surface area (Å²) >= 11 is 1.88. The standard InChI is InChI=1S/C16H14O.C9H11NOS.2C7H14N2.C7H13N.C2H4/c1-2-11-17-16-14-9-5-3-7-12(14)13-8-4-6-10-15(13)16;1-2-3-9-10-5-8(11)4-7(10)6-12-9;2*1-3-9-6-4-8(2)5-7-9;1-2-8-6-4-3-5-7-8;1-2/h2-11,16H,1H3;3,7,9H,1,4-6H2;2*3H,1,4-7H2,2H3;2H,1,3-7H2;1-2H2. The van der Waals surface area contributed by atoms with Crippen molar-refractivity contribution in [2.45, 2.75) is 50.1 Å². The molecule has 0 aromatic heterocycles. The number of nitrogens with zero attached hydrogens (tertiary/aromatic N) is 6. The van der Waals surface area contributed by atoms with Crippen LogP contribution in [0.2, 0.25) is 0 Å². The second-order valence-electron chi connectivity index (χ2n) is 14.6. The average Bonchev–Trinajstić information content (AvgIpc) is 3.93. The van der Waals surface area contributed by atoms with Crippen molar-refractivity contribution < 1.29 is 9.53 Å². The maximum Gasteiger partial charge on any atom is 0.149 e. The Balaban J connectivity index is 0.000000195. The van der Waals surface area contributed by atoms with Crippen LogP contribution in [0.4, 0.5) is 0 Å². The number of carbonyl (C=O) groups is 1. The molecule has 5 heterocycles. The number of rotatable bonds is 6. The van der Waals surface area contributed by atoms with E-state index in [1.807, 2.05) is 49.4 Å². The Morgan fingerprint density at radius 2 is 1.19 bits per heavy atom. The van der Waals surface area contributed by atoms with E-state index in [9.17, 15) is 4.79 Å². The predicted octanol–water partition coefficient (Wildman–Crippen LogP) is 8.52. The molecule has 310 valence electrons. The number of hydrogen-bond donors (Lipinski definition) is 0. The molecule has 1 aliphatic carbocycles. The molecule has 2 atom stereocenters. The number of fused-ring (bicyclic) bond motifs is 4. The minimum atomic E-state index is 0.0404. The highest BCUT2D eigenvalue weighted by Crippen LogP contribution is 2.45. The lowest BCUT2D eigenvalue weighted by Gasteiger charge is -2.31. The van der Waals surface area contributed by atoms with Gasteiger partial charge >= 0.3 is 0 Å². The van der Waals surface area contributed by atoms with E-state index >= 15 is 0 Å². The molecule has 9 heteroatoms. The number of benzene rings is 2. The monoisotopic (exact) mass is 795 g/mol. The molecule has 8 rings (SSSR count). The maximum atomic E-state index is 11.1. The Morgan fingerprint density at radius 1 is 0.719 bits per heavy atom. The number of piperidine rings is 1. The van der Waals surface area contributed by atoms with Crippen molar-refractivity contribution in [1.29, 1.82) is 0 Å². The number of carbonyl (C=O) groups excluding carboxylic acids is 1. The van der Waals surface area contributed by atoms with Crippen LogP contribution in [0.15, 0.2) is 131 Å². The molecule has 2 unspecified atom stereocenters. The summed E-state index contributed by atoms with van der Waals surface area (Å²) in [4.78, 5) is 24.8. The van der Waals surface area contributed by atoms with Crippen LogP contribution in [0.5, 0.6) is 0 Å². The zero-order valence-corrected chi connectivity index (χ0v) is 36.1. The number of ketones is 1. The van der Waals surface area contributed by atoms with E-state index in [0.29, 0.717) is 23.7 Å². The molecule has 0 spiro atoms. The molecule has 0 amide bonds. The van der Waals surface area contributed by atoms with Crippen molar-refractivity contribution in [3.63, 3.8) is 0 Å². The molecule has 0 saturated carbocycles. The second-order valence-corrected chi connectivity index (χ2v) is 15.8. The highest BCUT2D eigenvalue weighted by molar-refractivity contribution is 8.00. The first-order chi connectivity index (χ1) is 27.8. The number of allylic oxidation sites excluding steroid dienone is 1. The van der Waals surface area contributed by atoms with Gasteiger partial charge in [-0.3, -0.25) is 9.69 Å². The van der Waals surface area contributed by atoms with Crippen molar-refractivity contribution in [2.75, 3.05) is 91.8 Å². The Morgan fingerprint density at radius 3 is 1.63 bits per heavy atom. The molecule has 6 aliphatic rings. The molecule has 0 radical (unpaired) electrons. The van der Waals surface area contributed by atoms with Crippen LogP contribution in [0, 0.1) is 0 Å². The van der Waals surface area contributed by atoms with E-state index in [0.717, 1.165) is 38.4 Å². The van der Waals surface area contributed by atoms with Crippen LogP contribution in [-0.4, -0.2) is 138 Å². The molecule has 0 N–H and O–H groups in total. The molecule has 2 aromatic carbocycles. The lowest BCUT2D eigenvalue weighted by Crippen LogP contribution is -2.41. The lowest BCUT2D eigenvalue weighted by molar-refractivity contribution is -0.116. The summed E-state index contributed by atoms with van der Waals surface area (Å²) in [7, 11) is 4.31. The molecule has 57 heavy (non-hydrogen) atoms. The van der Waals surface area contributed by atoms with Crippen molar-refractivity contribution in [1.82, 2.24) is 29.4 Å². The third kappa shape index (κ3) is 15.2. The average molecular weight is 795 g/mol. The third-order valence-corrected chi connectivity index (χ3v) is 12.0. The number of likely N-dealkylation sites (tertiary alicyclic amines) is 1. The van der Waals surface area contributed by atoms with Gasteiger partial charge in [0.05, 0.1) is 18.2 Å². The van der Waals surface area contributed by atoms with Gasteiger partial charge in [-0.05, 0) is 76.1 Å². The molecular formula is C48H70N6O2S. The number of thioether (sulfide) groups is 1. The van der Waals surface area contributed by atoms with Crippen molar-refractivity contribution in [3.8, 4) is 11.1 Å². The summed E-state index contributed by atoms with van der Waals surface area (Å²) in [5.41, 5.74) is 7.88. The first kappa shape index (κ1) is 47.1. The summed E-state index contributed by atoms with van der Waals surface area (Å²) < 4.78 is 5.82. The Labute approximate surface area is 350 Å². The fourth-order valence-electron chi connectivity index (χ4n) is 7.30. The summed E-state index contributed by atoms with van der Waals surface area (Å²) in [5, 5.41) is 0.346. The van der Waals surface area contributed by atoms with E-state index in [1.165, 1.54) is 80.8 Å². The van der Waals surface area contributed by atoms with Gasteiger partial charge in [-0.1, -0.05) is 80.9 Å². The Kier molecular flexibility index (Phi) is 22.0. The van der Waals surface area contributed by atoms with E-state index in [4.69, 9.17) is 4.74 Å². The maximum absolute atomic E-state index is 11.1. The summed E-state index contributed by atoms with van der Waals surface area (Å²) in [6, 6.07) is 17.4. The molecule has 2 aromatic rings. The predicted molar refractivity (Wildman–Crippen MR) is 245 cm³/mol. The number of ether oxygens (including phenoxy) is 1. The van der Waals surface area contributed by atoms with Crippen LogP contribution in [0.25, 0.3) is 11.1 Å². The van der Waals surface area contributed by atoms with E-state index in [2.05, 4.69) is 137 Å². The summed E-state index contributed by atoms with van der Waals surface area (Å²) in [5.74, 6) is 1.46. The summed E-state index contributed by atoms with van der Waals surface area (Å²) in [6.07, 6.45) is 16.3. The largest absolute Gasteiger partial charge is 0.489 e. The van der Waals surface area contributed by atoms with Crippen LogP contribution >= 0.6 is 11.8 Å². The Bertz CT molecular complexity index is 1510. The fraction of sp³-hybridized carbons (Fsp3) is 0.458. The Hall–Kier alpha value is -4.24. The molecule has 8 nitrogen and oxygen atoms in total. The quantitative estimate of drug-likeness (QED) is 0.163. The van der Waals surface area contributed by atoms with Gasteiger partial charge in [-0.15, -0.1) is 30.7 Å². The number of Topliss-reactive ketones (excluding diaryl/α,β-unsaturated/α-hetero) is 1. The topological polar surface area (TPSA) is 45.7 Å². The van der Waals surface area contributed by atoms with Gasteiger partial charge in [0, 0.05) is 94.8 Å². The number of piperazine rings is 2. The minimum absolute atomic E-state index is 0.0404. The van der Waals surface area contributed by atoms with Gasteiger partial charge < -0.3 is 29.2 Å². The van der Waals surface area contributed by atoms with Crippen molar-refractivity contribution in [2.24, 2.45) is 0 Å². The number of hydrogen-bond acceptors (Lipinski definition) is 9. The van der Waals surface area contributed by atoms with Gasteiger partial charge in [-0.25, -0.2) is 0 Å². The zero-order valence-electron chi connectivity index (χ0n) is 35.3. The van der Waals surface area contributed by atoms with Crippen LogP contribution in [-0.2, 0) is 9.53 Å². The number of likely N-dealkylation sites (N-methyl/N-ethyl adjacent to an activating group) is 2. The summed E-state index contributed by atoms with van der Waals surface area (Å²) in [6.45, 7) is 35.0. The highest BCUT2D eigenvalue weighted by atomic mass is 32.2. The van der Waals surface area contributed by atoms with Gasteiger partial charge in [0.15, 0.2) is 0 Å². The molecule has 0 bridgehead atoms. The van der Waals surface area contributed by atoms with Gasteiger partial charge in [0.2, 0.25) is 0 Å². The molecule has 5 fully saturated rings. The lowest BCUT2D eigenvalue weighted by atomic mass is 10.1. The SMILES string of the molecule is C=C.C=C=CC1SCC2CC(=O)CN21.C=CN1CCCCC1.C=CN1CCN(C)CC1.C=CN1CCN(C)CC1.CC=COC1c2ccccc2-c2ccccc21. The smallest absolute Gasteiger partial charge is 0.149 e. The van der Waals surface area contributed by atoms with Crippen LogP contribution in [0.3, 0.4) is 0 Å². The van der Waals surface area contributed by atoms with E-state index in [-0.39, 0.29) is 6.10 Å². The van der Waals surface area contributed by atoms with Crippen LogP contribution in [0.1, 0.15) is 49.8 Å². The first-order valence-corrected chi connectivity index (χ1v) is 21.5. The van der Waals surface area contributed by atoms with Gasteiger partial charge in [0.25, 0.3) is 0 Å². The highest BCUT2D eigenvalue weighted by Gasteiger charge is 2.39. The van der Waals surface area contributed by atoms with E-state index < -0.39 is 0 Å². The van der Waals surface area contributed by atoms with Crippen LogP contribution < -0.4 is 0 Å². The van der Waals surface area contributed by atoms with E-state index in [1.54, 1.807) is 6.26 Å². The van der Waals surface area contributed by atoms with Gasteiger partial charge in [0.1, 0.15) is 11.9 Å². The van der Waals surface area contributed by atoms with Gasteiger partial charge in [-0.2, -0.15) is 0 Å². The zero-order chi connectivity index (χ0) is 41.4. The normalized spacial score (nSPS) is 21.4. The fourth-order valence-corrected chi connectivity index (χ4v) is 8.66. The third-order valence-electron chi connectivity index (χ3n) is 10.7. The molecular weight excluding hydrogens is 725 g/mol. The minimum Gasteiger partial charge on any atom is -0.489 e. The van der Waals surface area contributed by atoms with Crippen molar-refractivity contribution in [3.05, 3.63) is 142 Å². The second kappa shape index (κ2) is 26.6. The molecule has 5 aliphatic heterocycles. The van der Waals surface area contributed by atoms with Crippen molar-refractivity contribution >= 4 is 17.5 Å². The molecule has 5 saturated heterocycles. The first-order valence-electron chi connectivity index (χ1n) is 20.5.